The van der Waals surface area contributed by atoms with Gasteiger partial charge in [-0.05, 0) is 25.0 Å². The van der Waals surface area contributed by atoms with E-state index in [9.17, 15) is 4.79 Å². The summed E-state index contributed by atoms with van der Waals surface area (Å²) < 4.78 is 5.61. The first kappa shape index (κ1) is 15.7. The molecule has 0 spiro atoms. The van der Waals surface area contributed by atoms with E-state index in [1.807, 2.05) is 24.3 Å². The second-order valence-corrected chi connectivity index (χ2v) is 5.84. The van der Waals surface area contributed by atoms with Gasteiger partial charge in [-0.3, -0.25) is 0 Å². The number of carboxylic acids is 1. The maximum absolute atomic E-state index is 11.1. The highest BCUT2D eigenvalue weighted by Gasteiger charge is 2.15. The molecule has 1 N–H and O–H groups in total. The summed E-state index contributed by atoms with van der Waals surface area (Å²) in [5.41, 5.74) is 2.58. The van der Waals surface area contributed by atoms with Crippen LogP contribution in [0.4, 0.5) is 0 Å². The summed E-state index contributed by atoms with van der Waals surface area (Å²) in [4.78, 5) is 15.7. The molecule has 0 amide bonds. The van der Waals surface area contributed by atoms with E-state index in [1.54, 1.807) is 6.92 Å². The van der Waals surface area contributed by atoms with E-state index in [4.69, 9.17) is 9.84 Å². The van der Waals surface area contributed by atoms with Crippen LogP contribution in [0.2, 0.25) is 0 Å². The van der Waals surface area contributed by atoms with Crippen LogP contribution in [0.5, 0.6) is 0 Å². The predicted molar refractivity (Wildman–Crippen MR) is 83.8 cm³/mol. The number of aromatic carboxylic acids is 1. The Morgan fingerprint density at radius 3 is 2.90 bits per heavy atom. The molecule has 0 fully saturated rings. The van der Waals surface area contributed by atoms with E-state index in [0.29, 0.717) is 17.2 Å². The first-order valence-electron chi connectivity index (χ1n) is 6.99. The van der Waals surface area contributed by atoms with Gasteiger partial charge in [-0.2, -0.15) is 0 Å². The molecule has 0 aliphatic carbocycles. The molecule has 112 valence electrons. The van der Waals surface area contributed by atoms with Crippen LogP contribution in [-0.2, 0) is 11.3 Å². The number of thiazole rings is 1. The van der Waals surface area contributed by atoms with Crippen LogP contribution in [0.3, 0.4) is 0 Å². The maximum atomic E-state index is 11.1. The molecule has 5 heteroatoms. The molecule has 0 aliphatic rings. The Bertz CT molecular complexity index is 622. The minimum Gasteiger partial charge on any atom is -0.477 e. The lowest BCUT2D eigenvalue weighted by Gasteiger charge is -2.05. The Morgan fingerprint density at radius 1 is 1.43 bits per heavy atom. The summed E-state index contributed by atoms with van der Waals surface area (Å²) in [6.07, 6.45) is 2.18. The first-order valence-corrected chi connectivity index (χ1v) is 7.81. The molecule has 1 aromatic carbocycles. The van der Waals surface area contributed by atoms with Gasteiger partial charge < -0.3 is 9.84 Å². The van der Waals surface area contributed by atoms with Crippen molar-refractivity contribution in [3.8, 4) is 10.6 Å². The van der Waals surface area contributed by atoms with Crippen LogP contribution in [0.1, 0.15) is 40.7 Å². The van der Waals surface area contributed by atoms with Crippen molar-refractivity contribution in [2.24, 2.45) is 0 Å². The minimum absolute atomic E-state index is 0.301. The lowest BCUT2D eigenvalue weighted by molar-refractivity contribution is 0.0701. The number of nitrogens with zero attached hydrogens (tertiary/aromatic N) is 1. The first-order chi connectivity index (χ1) is 10.1. The monoisotopic (exact) mass is 305 g/mol. The van der Waals surface area contributed by atoms with Crippen molar-refractivity contribution in [1.29, 1.82) is 0 Å². The summed E-state index contributed by atoms with van der Waals surface area (Å²) in [5, 5.41) is 9.83. The molecule has 0 aliphatic heterocycles. The third-order valence-electron chi connectivity index (χ3n) is 3.08. The number of rotatable bonds is 7. The summed E-state index contributed by atoms with van der Waals surface area (Å²) in [6.45, 7) is 5.19. The normalized spacial score (nSPS) is 10.8. The molecular formula is C16H19NO3S. The average Bonchev–Trinajstić information content (AvgIpc) is 2.86. The Hall–Kier alpha value is -1.72. The molecular weight excluding hydrogens is 286 g/mol. The van der Waals surface area contributed by atoms with Crippen LogP contribution in [-0.4, -0.2) is 22.7 Å². The van der Waals surface area contributed by atoms with Crippen LogP contribution in [0.15, 0.2) is 24.3 Å². The van der Waals surface area contributed by atoms with Crippen molar-refractivity contribution in [2.45, 2.75) is 33.3 Å². The fourth-order valence-corrected chi connectivity index (χ4v) is 2.85. The summed E-state index contributed by atoms with van der Waals surface area (Å²) in [7, 11) is 0. The number of aryl methyl sites for hydroxylation is 1. The largest absolute Gasteiger partial charge is 0.477 e. The molecule has 2 aromatic rings. The van der Waals surface area contributed by atoms with Crippen molar-refractivity contribution in [3.63, 3.8) is 0 Å². The molecule has 1 aromatic heterocycles. The molecule has 21 heavy (non-hydrogen) atoms. The van der Waals surface area contributed by atoms with E-state index >= 15 is 0 Å². The number of hydrogen-bond donors (Lipinski definition) is 1. The zero-order valence-electron chi connectivity index (χ0n) is 12.3. The van der Waals surface area contributed by atoms with Crippen molar-refractivity contribution in [1.82, 2.24) is 4.98 Å². The number of aromatic nitrogens is 1. The molecule has 0 bridgehead atoms. The van der Waals surface area contributed by atoms with Gasteiger partial charge in [0, 0.05) is 12.2 Å². The van der Waals surface area contributed by atoms with Crippen LogP contribution in [0.25, 0.3) is 10.6 Å². The van der Waals surface area contributed by atoms with Crippen LogP contribution < -0.4 is 0 Å². The van der Waals surface area contributed by atoms with Crippen molar-refractivity contribution >= 4 is 17.3 Å². The Morgan fingerprint density at radius 2 is 2.24 bits per heavy atom. The number of benzene rings is 1. The fraction of sp³-hybridized carbons (Fsp3) is 0.375. The molecule has 0 saturated heterocycles. The standard InChI is InChI=1S/C16H19NO3S/c1-3-4-8-20-10-12-6-5-7-13(9-12)15-17-11(2)14(21-15)16(18)19/h5-7,9H,3-4,8,10H2,1-2H3,(H,18,19). The van der Waals surface area contributed by atoms with E-state index in [-0.39, 0.29) is 0 Å². The Labute approximate surface area is 128 Å². The number of hydrogen-bond acceptors (Lipinski definition) is 4. The SMILES string of the molecule is CCCCOCc1cccc(-c2nc(C)c(C(=O)O)s2)c1. The number of unbranched alkanes of at least 4 members (excludes halogenated alkanes) is 1. The van der Waals surface area contributed by atoms with Gasteiger partial charge >= 0.3 is 5.97 Å². The third kappa shape index (κ3) is 4.12. The highest BCUT2D eigenvalue weighted by Crippen LogP contribution is 2.28. The van der Waals surface area contributed by atoms with Crippen LogP contribution >= 0.6 is 11.3 Å². The van der Waals surface area contributed by atoms with E-state index in [0.717, 1.165) is 35.6 Å². The van der Waals surface area contributed by atoms with Crippen LogP contribution in [0, 0.1) is 6.92 Å². The van der Waals surface area contributed by atoms with Gasteiger partial charge in [0.15, 0.2) is 0 Å². The zero-order valence-corrected chi connectivity index (χ0v) is 13.1. The van der Waals surface area contributed by atoms with Gasteiger partial charge in [-0.15, -0.1) is 11.3 Å². The highest BCUT2D eigenvalue weighted by atomic mass is 32.1. The van der Waals surface area contributed by atoms with Gasteiger partial charge in [0.2, 0.25) is 0 Å². The topological polar surface area (TPSA) is 59.4 Å². The molecule has 0 saturated carbocycles. The lowest BCUT2D eigenvalue weighted by atomic mass is 10.1. The van der Waals surface area contributed by atoms with Gasteiger partial charge in [0.05, 0.1) is 12.3 Å². The van der Waals surface area contributed by atoms with Gasteiger partial charge in [-0.1, -0.05) is 31.5 Å². The van der Waals surface area contributed by atoms with E-state index in [1.165, 1.54) is 11.3 Å². The molecule has 0 radical (unpaired) electrons. The van der Waals surface area contributed by atoms with Gasteiger partial charge in [0.1, 0.15) is 9.88 Å². The van der Waals surface area contributed by atoms with Gasteiger partial charge in [-0.25, -0.2) is 9.78 Å². The van der Waals surface area contributed by atoms with E-state index in [2.05, 4.69) is 11.9 Å². The second kappa shape index (κ2) is 7.33. The number of carbonyl (C=O) groups is 1. The van der Waals surface area contributed by atoms with Crippen molar-refractivity contribution < 1.29 is 14.6 Å². The third-order valence-corrected chi connectivity index (χ3v) is 4.27. The van der Waals surface area contributed by atoms with E-state index < -0.39 is 5.97 Å². The minimum atomic E-state index is -0.921. The Kier molecular flexibility index (Phi) is 5.47. The molecule has 0 unspecified atom stereocenters. The summed E-state index contributed by atoms with van der Waals surface area (Å²) >= 11 is 1.21. The Balaban J connectivity index is 2.13. The molecule has 0 atom stereocenters. The number of ether oxygens (including phenoxy) is 1. The predicted octanol–water partition coefficient (Wildman–Crippen LogP) is 4.13. The quantitative estimate of drug-likeness (QED) is 0.781. The molecule has 4 nitrogen and oxygen atoms in total. The van der Waals surface area contributed by atoms with Crippen molar-refractivity contribution in [2.75, 3.05) is 6.61 Å². The highest BCUT2D eigenvalue weighted by molar-refractivity contribution is 7.17. The fourth-order valence-electron chi connectivity index (χ4n) is 1.95. The number of carboxylic acid groups (broad SMARTS) is 1. The van der Waals surface area contributed by atoms with Gasteiger partial charge in [0.25, 0.3) is 0 Å². The lowest BCUT2D eigenvalue weighted by Crippen LogP contribution is -1.95. The average molecular weight is 305 g/mol. The zero-order chi connectivity index (χ0) is 15.2. The summed E-state index contributed by atoms with van der Waals surface area (Å²) in [5.74, 6) is -0.921. The smallest absolute Gasteiger partial charge is 0.347 e. The molecule has 2 rings (SSSR count). The second-order valence-electron chi connectivity index (χ2n) is 4.85. The summed E-state index contributed by atoms with van der Waals surface area (Å²) in [6, 6.07) is 7.91. The molecule has 1 heterocycles. The maximum Gasteiger partial charge on any atom is 0.347 e. The van der Waals surface area contributed by atoms with Crippen molar-refractivity contribution in [3.05, 3.63) is 40.4 Å².